The Morgan fingerprint density at radius 3 is 2.94 bits per heavy atom. The molecule has 0 atom stereocenters. The van der Waals surface area contributed by atoms with Gasteiger partial charge >= 0.3 is 0 Å². The van der Waals surface area contributed by atoms with Gasteiger partial charge < -0.3 is 10.2 Å². The van der Waals surface area contributed by atoms with Gasteiger partial charge in [-0.3, -0.25) is 5.41 Å². The lowest BCUT2D eigenvalue weighted by Gasteiger charge is -2.05. The summed E-state index contributed by atoms with van der Waals surface area (Å²) in [6, 6.07) is 3.59. The molecule has 0 saturated carbocycles. The molecule has 16 heavy (non-hydrogen) atoms. The van der Waals surface area contributed by atoms with Crippen LogP contribution in [0.1, 0.15) is 11.3 Å². The molecule has 2 heterocycles. The molecule has 0 spiro atoms. The van der Waals surface area contributed by atoms with Crippen LogP contribution in [0.2, 0.25) is 0 Å². The highest BCUT2D eigenvalue weighted by Gasteiger charge is 2.11. The minimum Gasteiger partial charge on any atom is -0.440 e. The molecule has 0 aliphatic rings. The van der Waals surface area contributed by atoms with E-state index < -0.39 is 0 Å². The summed E-state index contributed by atoms with van der Waals surface area (Å²) in [7, 11) is 0. The van der Waals surface area contributed by atoms with Crippen molar-refractivity contribution in [3.8, 4) is 0 Å². The van der Waals surface area contributed by atoms with Gasteiger partial charge in [-0.25, -0.2) is 9.97 Å². The molecule has 0 aliphatic carbocycles. The minimum absolute atomic E-state index is 0.0124. The Bertz CT molecular complexity index is 510. The van der Waals surface area contributed by atoms with Crippen LogP contribution in [0, 0.1) is 12.3 Å². The molecule has 0 bridgehead atoms. The summed E-state index contributed by atoms with van der Waals surface area (Å²) in [5.41, 5.74) is 6.92. The fraction of sp³-hybridized carbons (Fsp3) is 0.100. The van der Waals surface area contributed by atoms with Crippen molar-refractivity contribution in [2.75, 3.05) is 0 Å². The molecule has 3 N–H and O–H groups in total. The number of amidine groups is 1. The van der Waals surface area contributed by atoms with Crippen molar-refractivity contribution in [2.24, 2.45) is 5.73 Å². The van der Waals surface area contributed by atoms with Gasteiger partial charge in [0.25, 0.3) is 5.22 Å². The Balaban J connectivity index is 2.38. The number of nitrogens with zero attached hydrogens (tertiary/aromatic N) is 2. The topological polar surface area (TPSA) is 88.8 Å². The summed E-state index contributed by atoms with van der Waals surface area (Å²) in [6.07, 6.45) is 3.05. The summed E-state index contributed by atoms with van der Waals surface area (Å²) in [4.78, 5) is 8.30. The van der Waals surface area contributed by atoms with Gasteiger partial charge in [-0.05, 0) is 30.8 Å². The number of rotatable bonds is 3. The van der Waals surface area contributed by atoms with Gasteiger partial charge in [-0.15, -0.1) is 0 Å². The molecular formula is C10H10N4OS. The number of pyridine rings is 1. The Kier molecular flexibility index (Phi) is 2.91. The number of aryl methyl sites for hydroxylation is 1. The monoisotopic (exact) mass is 234 g/mol. The van der Waals surface area contributed by atoms with Gasteiger partial charge in [-0.2, -0.15) is 0 Å². The first-order valence-corrected chi connectivity index (χ1v) is 5.38. The lowest BCUT2D eigenvalue weighted by molar-refractivity contribution is 0.454. The standard InChI is InChI=1S/C10H10N4OS/c1-6-2-3-7(8(11)12)9(14-6)16-10-13-4-5-15-10/h2-5H,1H3,(H3,11,12). The maximum atomic E-state index is 7.45. The number of nitrogen functional groups attached to an aromatic ring is 1. The van der Waals surface area contributed by atoms with E-state index in [1.165, 1.54) is 18.0 Å². The van der Waals surface area contributed by atoms with E-state index in [4.69, 9.17) is 15.6 Å². The highest BCUT2D eigenvalue weighted by Crippen LogP contribution is 2.27. The quantitative estimate of drug-likeness (QED) is 0.624. The molecular weight excluding hydrogens is 224 g/mol. The van der Waals surface area contributed by atoms with Crippen LogP contribution in [0.3, 0.4) is 0 Å². The van der Waals surface area contributed by atoms with Gasteiger partial charge in [0.05, 0.1) is 6.20 Å². The number of hydrogen-bond acceptors (Lipinski definition) is 5. The van der Waals surface area contributed by atoms with E-state index in [2.05, 4.69) is 9.97 Å². The molecule has 0 unspecified atom stereocenters. The smallest absolute Gasteiger partial charge is 0.261 e. The van der Waals surface area contributed by atoms with Crippen LogP contribution in [-0.4, -0.2) is 15.8 Å². The Morgan fingerprint density at radius 2 is 2.31 bits per heavy atom. The molecule has 0 aromatic carbocycles. The molecule has 82 valence electrons. The lowest BCUT2D eigenvalue weighted by atomic mass is 10.2. The second kappa shape index (κ2) is 4.36. The molecule has 2 aromatic heterocycles. The van der Waals surface area contributed by atoms with Crippen LogP contribution in [0.15, 0.2) is 39.3 Å². The number of nitrogens with one attached hydrogen (secondary N) is 1. The summed E-state index contributed by atoms with van der Waals surface area (Å²) in [6.45, 7) is 1.88. The van der Waals surface area contributed by atoms with E-state index in [1.807, 2.05) is 13.0 Å². The SMILES string of the molecule is Cc1ccc(C(=N)N)c(Sc2ncco2)n1. The van der Waals surface area contributed by atoms with E-state index in [0.717, 1.165) is 5.69 Å². The van der Waals surface area contributed by atoms with Gasteiger partial charge in [0, 0.05) is 11.3 Å². The average Bonchev–Trinajstić information content (AvgIpc) is 2.70. The molecule has 5 nitrogen and oxygen atoms in total. The fourth-order valence-corrected chi connectivity index (χ4v) is 2.02. The maximum absolute atomic E-state index is 7.45. The number of hydrogen-bond donors (Lipinski definition) is 2. The molecule has 0 fully saturated rings. The molecule has 0 radical (unpaired) electrons. The van der Waals surface area contributed by atoms with E-state index >= 15 is 0 Å². The Hall–Kier alpha value is -1.82. The fourth-order valence-electron chi connectivity index (χ4n) is 1.16. The minimum atomic E-state index is -0.0124. The van der Waals surface area contributed by atoms with E-state index in [0.29, 0.717) is 15.8 Å². The van der Waals surface area contributed by atoms with Crippen LogP contribution >= 0.6 is 11.8 Å². The van der Waals surface area contributed by atoms with Crippen LogP contribution in [-0.2, 0) is 0 Å². The normalized spacial score (nSPS) is 10.3. The van der Waals surface area contributed by atoms with Crippen LogP contribution in [0.5, 0.6) is 0 Å². The summed E-state index contributed by atoms with van der Waals surface area (Å²) < 4.78 is 5.11. The van der Waals surface area contributed by atoms with Crippen molar-refractivity contribution in [2.45, 2.75) is 17.2 Å². The van der Waals surface area contributed by atoms with Gasteiger partial charge in [-0.1, -0.05) is 0 Å². The molecule has 0 saturated heterocycles. The molecule has 2 aromatic rings. The van der Waals surface area contributed by atoms with Crippen molar-refractivity contribution < 1.29 is 4.42 Å². The summed E-state index contributed by atoms with van der Waals surface area (Å²) >= 11 is 1.25. The number of nitrogens with two attached hydrogens (primary N) is 1. The van der Waals surface area contributed by atoms with Crippen molar-refractivity contribution in [1.82, 2.24) is 9.97 Å². The molecule has 2 rings (SSSR count). The van der Waals surface area contributed by atoms with Crippen LogP contribution in [0.4, 0.5) is 0 Å². The number of aromatic nitrogens is 2. The van der Waals surface area contributed by atoms with Gasteiger partial charge in [0.2, 0.25) is 0 Å². The zero-order chi connectivity index (χ0) is 11.5. The highest BCUT2D eigenvalue weighted by molar-refractivity contribution is 7.99. The summed E-state index contributed by atoms with van der Waals surface area (Å²) in [5, 5.41) is 8.57. The highest BCUT2D eigenvalue weighted by atomic mass is 32.2. The molecule has 0 aliphatic heterocycles. The van der Waals surface area contributed by atoms with E-state index in [9.17, 15) is 0 Å². The zero-order valence-corrected chi connectivity index (χ0v) is 9.41. The first kappa shape index (κ1) is 10.7. The van der Waals surface area contributed by atoms with Gasteiger partial charge in [0.1, 0.15) is 17.1 Å². The Morgan fingerprint density at radius 1 is 1.50 bits per heavy atom. The largest absolute Gasteiger partial charge is 0.440 e. The second-order valence-corrected chi connectivity index (χ2v) is 4.06. The zero-order valence-electron chi connectivity index (χ0n) is 8.60. The summed E-state index contributed by atoms with van der Waals surface area (Å²) in [5.74, 6) is -0.0124. The van der Waals surface area contributed by atoms with Crippen molar-refractivity contribution >= 4 is 17.6 Å². The maximum Gasteiger partial charge on any atom is 0.261 e. The predicted octanol–water partition coefficient (Wildman–Crippen LogP) is 1.81. The lowest BCUT2D eigenvalue weighted by Crippen LogP contribution is -2.13. The van der Waals surface area contributed by atoms with E-state index in [-0.39, 0.29) is 5.84 Å². The Labute approximate surface area is 96.6 Å². The average molecular weight is 234 g/mol. The van der Waals surface area contributed by atoms with Crippen LogP contribution < -0.4 is 5.73 Å². The predicted molar refractivity (Wildman–Crippen MR) is 60.6 cm³/mol. The third-order valence-corrected chi connectivity index (χ3v) is 2.76. The second-order valence-electron chi connectivity index (χ2n) is 3.12. The third-order valence-electron chi connectivity index (χ3n) is 1.88. The van der Waals surface area contributed by atoms with Crippen molar-refractivity contribution in [3.63, 3.8) is 0 Å². The van der Waals surface area contributed by atoms with E-state index in [1.54, 1.807) is 12.3 Å². The first-order valence-electron chi connectivity index (χ1n) is 4.56. The first-order chi connectivity index (χ1) is 7.66. The number of oxazole rings is 1. The third kappa shape index (κ3) is 2.22. The van der Waals surface area contributed by atoms with Crippen molar-refractivity contribution in [1.29, 1.82) is 5.41 Å². The molecule has 6 heteroatoms. The molecule has 0 amide bonds. The van der Waals surface area contributed by atoms with Gasteiger partial charge in [0.15, 0.2) is 0 Å². The van der Waals surface area contributed by atoms with Crippen molar-refractivity contribution in [3.05, 3.63) is 35.9 Å². The van der Waals surface area contributed by atoms with Crippen LogP contribution in [0.25, 0.3) is 0 Å².